The van der Waals surface area contributed by atoms with Crippen LogP contribution in [0.15, 0.2) is 18.2 Å². The molecule has 0 bridgehead atoms. The molecule has 0 aliphatic carbocycles. The van der Waals surface area contributed by atoms with E-state index in [2.05, 4.69) is 50.2 Å². The van der Waals surface area contributed by atoms with Crippen molar-refractivity contribution in [2.45, 2.75) is 52.6 Å². The van der Waals surface area contributed by atoms with Crippen LogP contribution in [0.3, 0.4) is 0 Å². The molecule has 1 rings (SSSR count). The van der Waals surface area contributed by atoms with Crippen molar-refractivity contribution in [1.82, 2.24) is 10.3 Å². The number of halogens is 1. The van der Waals surface area contributed by atoms with Gasteiger partial charge in [0.1, 0.15) is 0 Å². The molecule has 0 spiro atoms. The lowest BCUT2D eigenvalue weighted by atomic mass is 9.87. The van der Waals surface area contributed by atoms with Crippen LogP contribution in [0.5, 0.6) is 0 Å². The van der Waals surface area contributed by atoms with E-state index in [4.69, 9.17) is 17.4 Å². The van der Waals surface area contributed by atoms with E-state index in [9.17, 15) is 0 Å². The summed E-state index contributed by atoms with van der Waals surface area (Å²) in [5.41, 5.74) is 5.27. The number of rotatable bonds is 7. The number of likely N-dealkylation sites (N-methyl/N-ethyl adjacent to an activating group) is 1. The van der Waals surface area contributed by atoms with Gasteiger partial charge in [-0.2, -0.15) is 0 Å². The summed E-state index contributed by atoms with van der Waals surface area (Å²) in [5.74, 6) is 5.81. The van der Waals surface area contributed by atoms with Gasteiger partial charge in [-0.3, -0.25) is 16.2 Å². The van der Waals surface area contributed by atoms with Gasteiger partial charge in [0.2, 0.25) is 0 Å². The Balaban J connectivity index is 2.96. The average Bonchev–Trinajstić information content (AvgIpc) is 2.38. The fourth-order valence-electron chi connectivity index (χ4n) is 2.81. The van der Waals surface area contributed by atoms with E-state index < -0.39 is 0 Å². The maximum absolute atomic E-state index is 6.35. The molecule has 3 N–H and O–H groups in total. The SMILES string of the molecule is CCN(CC)C(C)(C)C(Cc1ccc(C)cc1Cl)NN. The van der Waals surface area contributed by atoms with Gasteiger partial charge >= 0.3 is 0 Å². The molecule has 0 fully saturated rings. The Morgan fingerprint density at radius 3 is 2.35 bits per heavy atom. The van der Waals surface area contributed by atoms with Crippen molar-refractivity contribution in [1.29, 1.82) is 0 Å². The zero-order valence-electron chi connectivity index (χ0n) is 13.3. The van der Waals surface area contributed by atoms with Gasteiger partial charge in [-0.1, -0.05) is 37.6 Å². The van der Waals surface area contributed by atoms with Gasteiger partial charge in [0, 0.05) is 16.6 Å². The van der Waals surface area contributed by atoms with E-state index >= 15 is 0 Å². The largest absolute Gasteiger partial charge is 0.297 e. The summed E-state index contributed by atoms with van der Waals surface area (Å²) < 4.78 is 0. The topological polar surface area (TPSA) is 41.3 Å². The van der Waals surface area contributed by atoms with Crippen LogP contribution >= 0.6 is 11.6 Å². The normalized spacial score (nSPS) is 13.8. The smallest absolute Gasteiger partial charge is 0.0441 e. The summed E-state index contributed by atoms with van der Waals surface area (Å²) in [6, 6.07) is 6.34. The predicted molar refractivity (Wildman–Crippen MR) is 88.0 cm³/mol. The van der Waals surface area contributed by atoms with E-state index in [1.807, 2.05) is 13.0 Å². The molecule has 0 aliphatic heterocycles. The molecule has 0 aliphatic rings. The highest BCUT2D eigenvalue weighted by Crippen LogP contribution is 2.25. The van der Waals surface area contributed by atoms with Gasteiger partial charge in [-0.05, 0) is 57.5 Å². The number of nitrogens with two attached hydrogens (primary N) is 1. The van der Waals surface area contributed by atoms with Crippen molar-refractivity contribution >= 4 is 11.6 Å². The standard InChI is InChI=1S/C16H28ClN3/c1-6-20(7-2)16(4,5)15(19-18)11-13-9-8-12(3)10-14(13)17/h8-10,15,19H,6-7,11,18H2,1-5H3. The average molecular weight is 298 g/mol. The highest BCUT2D eigenvalue weighted by molar-refractivity contribution is 6.31. The number of aryl methyl sites for hydroxylation is 1. The van der Waals surface area contributed by atoms with Crippen LogP contribution in [0.1, 0.15) is 38.8 Å². The molecule has 4 heteroatoms. The van der Waals surface area contributed by atoms with E-state index in [0.29, 0.717) is 0 Å². The third kappa shape index (κ3) is 3.95. The van der Waals surface area contributed by atoms with E-state index in [1.54, 1.807) is 0 Å². The summed E-state index contributed by atoms with van der Waals surface area (Å²) >= 11 is 6.35. The third-order valence-corrected chi connectivity index (χ3v) is 4.62. The molecule has 0 saturated carbocycles. The number of nitrogens with one attached hydrogen (secondary N) is 1. The molecule has 1 unspecified atom stereocenters. The van der Waals surface area contributed by atoms with Crippen LogP contribution in [0.4, 0.5) is 0 Å². The number of hydrogen-bond donors (Lipinski definition) is 2. The fourth-order valence-corrected chi connectivity index (χ4v) is 3.12. The minimum atomic E-state index is -0.0353. The quantitative estimate of drug-likeness (QED) is 0.600. The Morgan fingerprint density at radius 1 is 1.30 bits per heavy atom. The van der Waals surface area contributed by atoms with Crippen molar-refractivity contribution < 1.29 is 0 Å². The van der Waals surface area contributed by atoms with Crippen LogP contribution < -0.4 is 11.3 Å². The summed E-state index contributed by atoms with van der Waals surface area (Å²) in [5, 5.41) is 0.820. The van der Waals surface area contributed by atoms with Crippen molar-refractivity contribution in [3.63, 3.8) is 0 Å². The van der Waals surface area contributed by atoms with Crippen LogP contribution in [0.2, 0.25) is 5.02 Å². The number of hydrazine groups is 1. The molecule has 0 aromatic heterocycles. The first kappa shape index (κ1) is 17.4. The maximum Gasteiger partial charge on any atom is 0.0441 e. The monoisotopic (exact) mass is 297 g/mol. The first-order valence-corrected chi connectivity index (χ1v) is 7.70. The van der Waals surface area contributed by atoms with E-state index in [-0.39, 0.29) is 11.6 Å². The van der Waals surface area contributed by atoms with Crippen molar-refractivity contribution in [2.75, 3.05) is 13.1 Å². The minimum absolute atomic E-state index is 0.0353. The molecule has 1 atom stereocenters. The molecule has 0 saturated heterocycles. The molecule has 0 heterocycles. The van der Waals surface area contributed by atoms with Gasteiger partial charge in [0.05, 0.1) is 0 Å². The van der Waals surface area contributed by atoms with Gasteiger partial charge in [0.15, 0.2) is 0 Å². The summed E-state index contributed by atoms with van der Waals surface area (Å²) in [6.45, 7) is 12.9. The molecule has 20 heavy (non-hydrogen) atoms. The number of benzene rings is 1. The summed E-state index contributed by atoms with van der Waals surface area (Å²) in [7, 11) is 0. The van der Waals surface area contributed by atoms with E-state index in [1.165, 1.54) is 5.56 Å². The Hall–Kier alpha value is -0.610. The van der Waals surface area contributed by atoms with Gasteiger partial charge in [0.25, 0.3) is 0 Å². The van der Waals surface area contributed by atoms with Crippen LogP contribution in [0, 0.1) is 6.92 Å². The van der Waals surface area contributed by atoms with Crippen molar-refractivity contribution in [3.05, 3.63) is 34.3 Å². The van der Waals surface area contributed by atoms with Crippen molar-refractivity contribution in [2.24, 2.45) is 5.84 Å². The summed E-state index contributed by atoms with van der Waals surface area (Å²) in [4.78, 5) is 2.42. The molecular weight excluding hydrogens is 270 g/mol. The maximum atomic E-state index is 6.35. The van der Waals surface area contributed by atoms with Gasteiger partial charge < -0.3 is 0 Å². The van der Waals surface area contributed by atoms with Crippen molar-refractivity contribution in [3.8, 4) is 0 Å². The molecular formula is C16H28ClN3. The molecule has 3 nitrogen and oxygen atoms in total. The second-order valence-corrected chi connectivity index (χ2v) is 6.25. The van der Waals surface area contributed by atoms with E-state index in [0.717, 1.165) is 30.1 Å². The molecule has 1 aromatic rings. The van der Waals surface area contributed by atoms with Crippen LogP contribution in [-0.2, 0) is 6.42 Å². The zero-order chi connectivity index (χ0) is 15.3. The second kappa shape index (κ2) is 7.41. The Labute approximate surface area is 128 Å². The molecule has 0 amide bonds. The highest BCUT2D eigenvalue weighted by atomic mass is 35.5. The number of hydrogen-bond acceptors (Lipinski definition) is 3. The zero-order valence-corrected chi connectivity index (χ0v) is 14.1. The Bertz CT molecular complexity index is 428. The number of nitrogens with zero attached hydrogens (tertiary/aromatic N) is 1. The predicted octanol–water partition coefficient (Wildman–Crippen LogP) is 3.14. The third-order valence-electron chi connectivity index (χ3n) is 4.27. The Kier molecular flexibility index (Phi) is 6.46. The molecule has 1 aromatic carbocycles. The van der Waals surface area contributed by atoms with Gasteiger partial charge in [-0.25, -0.2) is 0 Å². The van der Waals surface area contributed by atoms with Crippen LogP contribution in [-0.4, -0.2) is 29.6 Å². The van der Waals surface area contributed by atoms with Crippen LogP contribution in [0.25, 0.3) is 0 Å². The summed E-state index contributed by atoms with van der Waals surface area (Å²) in [6.07, 6.45) is 0.819. The lowest BCUT2D eigenvalue weighted by Crippen LogP contribution is -2.60. The second-order valence-electron chi connectivity index (χ2n) is 5.84. The first-order chi connectivity index (χ1) is 9.36. The highest BCUT2D eigenvalue weighted by Gasteiger charge is 2.33. The minimum Gasteiger partial charge on any atom is -0.297 e. The molecule has 0 radical (unpaired) electrons. The molecule has 114 valence electrons. The lowest BCUT2D eigenvalue weighted by Gasteiger charge is -2.43. The Morgan fingerprint density at radius 2 is 1.90 bits per heavy atom. The first-order valence-electron chi connectivity index (χ1n) is 7.33. The lowest BCUT2D eigenvalue weighted by molar-refractivity contribution is 0.0912. The fraction of sp³-hybridized carbons (Fsp3) is 0.625. The van der Waals surface area contributed by atoms with Gasteiger partial charge in [-0.15, -0.1) is 0 Å².